The summed E-state index contributed by atoms with van der Waals surface area (Å²) in [6, 6.07) is 0. The number of allylic oxidation sites excluding steroid dienone is 2. The first-order chi connectivity index (χ1) is 11.1. The minimum atomic E-state index is 0.973. The van der Waals surface area contributed by atoms with Crippen LogP contribution in [0, 0.1) is 5.92 Å². The van der Waals surface area contributed by atoms with Crippen molar-refractivity contribution in [1.82, 2.24) is 0 Å². The maximum absolute atomic E-state index is 3.36. The van der Waals surface area contributed by atoms with Crippen LogP contribution in [0.15, 0.2) is 25.3 Å². The van der Waals surface area contributed by atoms with Crippen molar-refractivity contribution in [2.24, 2.45) is 5.92 Å². The predicted molar refractivity (Wildman–Crippen MR) is 112 cm³/mol. The van der Waals surface area contributed by atoms with Crippen LogP contribution >= 0.6 is 0 Å². The third kappa shape index (κ3) is 38.9. The molecule has 0 fully saturated rings. The van der Waals surface area contributed by atoms with Gasteiger partial charge >= 0.3 is 0 Å². The monoisotopic (exact) mass is 324 g/mol. The lowest BCUT2D eigenvalue weighted by atomic mass is 9.97. The average Bonchev–Trinajstić information content (AvgIpc) is 2.57. The first kappa shape index (κ1) is 27.3. The van der Waals surface area contributed by atoms with E-state index in [1.54, 1.807) is 12.2 Å². The molecule has 0 rings (SSSR count). The summed E-state index contributed by atoms with van der Waals surface area (Å²) >= 11 is 0. The molecule has 23 heavy (non-hydrogen) atoms. The fourth-order valence-electron chi connectivity index (χ4n) is 2.32. The van der Waals surface area contributed by atoms with Gasteiger partial charge in [-0.2, -0.15) is 0 Å². The zero-order valence-corrected chi connectivity index (χ0v) is 17.3. The van der Waals surface area contributed by atoms with E-state index >= 15 is 0 Å². The van der Waals surface area contributed by atoms with Crippen LogP contribution in [0.2, 0.25) is 0 Å². The highest BCUT2D eigenvalue weighted by Gasteiger charge is 2.00. The minimum absolute atomic E-state index is 0.973. The SMILES string of the molecule is C=CC=C.CCCCC.CCCCCCCCC(C)CCCC. The highest BCUT2D eigenvalue weighted by atomic mass is 14.1. The third-order valence-electron chi connectivity index (χ3n) is 3.97. The van der Waals surface area contributed by atoms with Crippen LogP contribution < -0.4 is 0 Å². The van der Waals surface area contributed by atoms with Gasteiger partial charge in [0.1, 0.15) is 0 Å². The van der Waals surface area contributed by atoms with Gasteiger partial charge in [0, 0.05) is 0 Å². The van der Waals surface area contributed by atoms with Crippen LogP contribution in [0.25, 0.3) is 0 Å². The minimum Gasteiger partial charge on any atom is -0.0991 e. The topological polar surface area (TPSA) is 0 Å². The molecule has 0 saturated heterocycles. The van der Waals surface area contributed by atoms with Crippen LogP contribution in [0.1, 0.15) is 118 Å². The lowest BCUT2D eigenvalue weighted by Crippen LogP contribution is -1.94. The van der Waals surface area contributed by atoms with Gasteiger partial charge < -0.3 is 0 Å². The van der Waals surface area contributed by atoms with Crippen molar-refractivity contribution in [3.8, 4) is 0 Å². The molecule has 0 spiro atoms. The van der Waals surface area contributed by atoms with Crippen molar-refractivity contribution in [2.75, 3.05) is 0 Å². The summed E-state index contributed by atoms with van der Waals surface area (Å²) in [5.41, 5.74) is 0. The summed E-state index contributed by atoms with van der Waals surface area (Å²) in [6.45, 7) is 18.1. The van der Waals surface area contributed by atoms with Gasteiger partial charge in [-0.05, 0) is 5.92 Å². The van der Waals surface area contributed by atoms with Crippen molar-refractivity contribution in [3.05, 3.63) is 25.3 Å². The fraction of sp³-hybridized carbons (Fsp3) is 0.826. The molecule has 140 valence electrons. The Bertz CT molecular complexity index is 184. The summed E-state index contributed by atoms with van der Waals surface area (Å²) in [5, 5.41) is 0. The lowest BCUT2D eigenvalue weighted by molar-refractivity contribution is 0.442. The highest BCUT2D eigenvalue weighted by Crippen LogP contribution is 2.16. The predicted octanol–water partition coefficient (Wildman–Crippen LogP) is 9.12. The second kappa shape index (κ2) is 29.5. The van der Waals surface area contributed by atoms with E-state index in [9.17, 15) is 0 Å². The van der Waals surface area contributed by atoms with Crippen LogP contribution in [-0.2, 0) is 0 Å². The average molecular weight is 325 g/mol. The van der Waals surface area contributed by atoms with E-state index in [0.717, 1.165) is 5.92 Å². The molecule has 0 amide bonds. The zero-order valence-electron chi connectivity index (χ0n) is 17.3. The Kier molecular flexibility index (Phi) is 35.0. The van der Waals surface area contributed by atoms with Crippen LogP contribution in [0.4, 0.5) is 0 Å². The van der Waals surface area contributed by atoms with E-state index in [2.05, 4.69) is 47.8 Å². The Hall–Kier alpha value is -0.520. The Balaban J connectivity index is -0.000000365. The summed E-state index contributed by atoms with van der Waals surface area (Å²) < 4.78 is 0. The largest absolute Gasteiger partial charge is 0.0991 e. The molecular weight excluding hydrogens is 276 g/mol. The maximum atomic E-state index is 3.36. The van der Waals surface area contributed by atoms with Crippen LogP contribution in [-0.4, -0.2) is 0 Å². The van der Waals surface area contributed by atoms with Crippen molar-refractivity contribution in [2.45, 2.75) is 118 Å². The maximum Gasteiger partial charge on any atom is -0.0443 e. The van der Waals surface area contributed by atoms with E-state index in [0.29, 0.717) is 0 Å². The van der Waals surface area contributed by atoms with E-state index in [-0.39, 0.29) is 0 Å². The molecule has 0 aromatic rings. The molecule has 1 atom stereocenters. The van der Waals surface area contributed by atoms with Gasteiger partial charge in [-0.25, -0.2) is 0 Å². The molecular formula is C23H48. The fourth-order valence-corrected chi connectivity index (χ4v) is 2.32. The van der Waals surface area contributed by atoms with E-state index in [1.165, 1.54) is 83.5 Å². The Labute approximate surface area is 149 Å². The second-order valence-corrected chi connectivity index (χ2v) is 6.63. The van der Waals surface area contributed by atoms with Crippen LogP contribution in [0.3, 0.4) is 0 Å². The second-order valence-electron chi connectivity index (χ2n) is 6.63. The van der Waals surface area contributed by atoms with Gasteiger partial charge in [-0.1, -0.05) is 143 Å². The van der Waals surface area contributed by atoms with Gasteiger partial charge in [-0.3, -0.25) is 0 Å². The van der Waals surface area contributed by atoms with Crippen molar-refractivity contribution < 1.29 is 0 Å². The van der Waals surface area contributed by atoms with E-state index < -0.39 is 0 Å². The number of unbranched alkanes of at least 4 members (excludes halogenated alkanes) is 8. The summed E-state index contributed by atoms with van der Waals surface area (Å²) in [4.78, 5) is 0. The van der Waals surface area contributed by atoms with Gasteiger partial charge in [0.25, 0.3) is 0 Å². The lowest BCUT2D eigenvalue weighted by Gasteiger charge is -2.09. The Morgan fingerprint density at radius 2 is 0.957 bits per heavy atom. The molecule has 0 aromatic carbocycles. The zero-order chi connectivity index (χ0) is 18.2. The van der Waals surface area contributed by atoms with Crippen molar-refractivity contribution in [1.29, 1.82) is 0 Å². The molecule has 0 heterocycles. The van der Waals surface area contributed by atoms with E-state index in [1.807, 2.05) is 0 Å². The molecule has 0 radical (unpaired) electrons. The quantitative estimate of drug-likeness (QED) is 0.234. The molecule has 0 aliphatic heterocycles. The molecule has 0 bridgehead atoms. The summed E-state index contributed by atoms with van der Waals surface area (Å²) in [5.74, 6) is 0.973. The molecule has 0 aromatic heterocycles. The van der Waals surface area contributed by atoms with Gasteiger partial charge in [0.05, 0.1) is 0 Å². The Morgan fingerprint density at radius 1 is 0.565 bits per heavy atom. The van der Waals surface area contributed by atoms with Crippen LogP contribution in [0.5, 0.6) is 0 Å². The summed E-state index contributed by atoms with van der Waals surface area (Å²) in [6.07, 6.45) is 21.7. The molecule has 0 heteroatoms. The molecule has 0 aliphatic carbocycles. The highest BCUT2D eigenvalue weighted by molar-refractivity contribution is 4.88. The first-order valence-electron chi connectivity index (χ1n) is 10.4. The molecule has 0 nitrogen and oxygen atoms in total. The molecule has 0 saturated carbocycles. The summed E-state index contributed by atoms with van der Waals surface area (Å²) in [7, 11) is 0. The number of hydrogen-bond donors (Lipinski definition) is 0. The number of hydrogen-bond acceptors (Lipinski definition) is 0. The van der Waals surface area contributed by atoms with Gasteiger partial charge in [-0.15, -0.1) is 0 Å². The van der Waals surface area contributed by atoms with Gasteiger partial charge in [0.15, 0.2) is 0 Å². The van der Waals surface area contributed by atoms with Crippen molar-refractivity contribution in [3.63, 3.8) is 0 Å². The first-order valence-corrected chi connectivity index (χ1v) is 10.4. The number of rotatable bonds is 13. The smallest absolute Gasteiger partial charge is 0.0443 e. The normalized spacial score (nSPS) is 10.7. The standard InChI is InChI=1S/C14H30.C5H12.C4H6/c1-4-6-8-9-10-11-13-14(3)12-7-5-2;1-3-5-4-2;1-3-4-2/h14H,4-13H2,1-3H3;3-5H2,1-2H3;3-4H,1-2H2. The molecule has 0 N–H and O–H groups in total. The third-order valence-corrected chi connectivity index (χ3v) is 3.97. The van der Waals surface area contributed by atoms with E-state index in [4.69, 9.17) is 0 Å². The van der Waals surface area contributed by atoms with Gasteiger partial charge in [0.2, 0.25) is 0 Å². The Morgan fingerprint density at radius 3 is 1.35 bits per heavy atom. The molecule has 1 unspecified atom stereocenters. The molecule has 0 aliphatic rings. The van der Waals surface area contributed by atoms with Crippen molar-refractivity contribution >= 4 is 0 Å².